The van der Waals surface area contributed by atoms with Crippen LogP contribution in [0.25, 0.3) is 0 Å². The number of carbonyl (C=O) groups is 2. The van der Waals surface area contributed by atoms with E-state index >= 15 is 0 Å². The van der Waals surface area contributed by atoms with Crippen LogP contribution < -0.4 is 19.1 Å². The summed E-state index contributed by atoms with van der Waals surface area (Å²) in [5.74, 6) is -0.196. The van der Waals surface area contributed by atoms with Gasteiger partial charge in [0.05, 0.1) is 24.8 Å². The zero-order valence-corrected chi connectivity index (χ0v) is 26.5. The number of sulfonamides is 1. The fourth-order valence-corrected chi connectivity index (χ4v) is 5.82. The molecular formula is C31H38ClN3O6S. The van der Waals surface area contributed by atoms with Crippen LogP contribution in [0.2, 0.25) is 5.02 Å². The number of halogens is 1. The lowest BCUT2D eigenvalue weighted by atomic mass is 10.1. The SMILES string of the molecule is COc1cccc(CN(C(=O)CN(c2cc(Cl)ccc2OC)S(=O)(=O)c2ccc(C)cc2)[C@@H](C)C(=O)NC(C)(C)C)c1. The molecular weight excluding hydrogens is 578 g/mol. The van der Waals surface area contributed by atoms with E-state index in [1.807, 2.05) is 27.7 Å². The zero-order valence-electron chi connectivity index (χ0n) is 25.0. The molecule has 0 radical (unpaired) electrons. The van der Waals surface area contributed by atoms with Crippen LogP contribution in [0.4, 0.5) is 5.69 Å². The molecule has 9 nitrogen and oxygen atoms in total. The first-order valence-corrected chi connectivity index (χ1v) is 15.2. The summed E-state index contributed by atoms with van der Waals surface area (Å²) in [6, 6.07) is 17.0. The quantitative estimate of drug-likeness (QED) is 0.318. The maximum Gasteiger partial charge on any atom is 0.264 e. The van der Waals surface area contributed by atoms with E-state index in [1.54, 1.807) is 49.4 Å². The number of hydrogen-bond donors (Lipinski definition) is 1. The van der Waals surface area contributed by atoms with Crippen LogP contribution in [0.15, 0.2) is 71.6 Å². The average molecular weight is 616 g/mol. The van der Waals surface area contributed by atoms with E-state index < -0.39 is 34.1 Å². The molecule has 0 heterocycles. The molecule has 3 rings (SSSR count). The maximum atomic E-state index is 14.1. The van der Waals surface area contributed by atoms with Crippen molar-refractivity contribution in [3.8, 4) is 11.5 Å². The highest BCUT2D eigenvalue weighted by atomic mass is 35.5. The third kappa shape index (κ3) is 8.17. The highest BCUT2D eigenvalue weighted by Gasteiger charge is 2.34. The molecule has 0 aromatic heterocycles. The lowest BCUT2D eigenvalue weighted by Crippen LogP contribution is -2.54. The Kier molecular flexibility index (Phi) is 10.5. The number of ether oxygens (including phenoxy) is 2. The van der Waals surface area contributed by atoms with Gasteiger partial charge in [0, 0.05) is 17.1 Å². The molecule has 0 aliphatic rings. The first-order valence-electron chi connectivity index (χ1n) is 13.3. The molecule has 1 atom stereocenters. The maximum absolute atomic E-state index is 14.1. The van der Waals surface area contributed by atoms with E-state index in [0.717, 1.165) is 9.87 Å². The number of carbonyl (C=O) groups excluding carboxylic acids is 2. The Balaban J connectivity index is 2.12. The predicted molar refractivity (Wildman–Crippen MR) is 165 cm³/mol. The smallest absolute Gasteiger partial charge is 0.264 e. The Labute approximate surface area is 253 Å². The molecule has 3 aromatic carbocycles. The molecule has 0 spiro atoms. The van der Waals surface area contributed by atoms with Gasteiger partial charge in [-0.05, 0) is 82.6 Å². The molecule has 1 N–H and O–H groups in total. The summed E-state index contributed by atoms with van der Waals surface area (Å²) >= 11 is 6.29. The lowest BCUT2D eigenvalue weighted by molar-refractivity contribution is -0.140. The van der Waals surface area contributed by atoms with Gasteiger partial charge in [0.15, 0.2) is 0 Å². The number of nitrogens with zero attached hydrogens (tertiary/aromatic N) is 2. The molecule has 3 aromatic rings. The predicted octanol–water partition coefficient (Wildman–Crippen LogP) is 5.19. The number of nitrogens with one attached hydrogen (secondary N) is 1. The van der Waals surface area contributed by atoms with Gasteiger partial charge in [-0.1, -0.05) is 41.4 Å². The van der Waals surface area contributed by atoms with Crippen molar-refractivity contribution in [3.63, 3.8) is 0 Å². The van der Waals surface area contributed by atoms with Gasteiger partial charge >= 0.3 is 0 Å². The first kappa shape index (κ1) is 32.8. The van der Waals surface area contributed by atoms with Crippen molar-refractivity contribution in [2.24, 2.45) is 0 Å². The van der Waals surface area contributed by atoms with Gasteiger partial charge in [-0.2, -0.15) is 0 Å². The molecule has 0 fully saturated rings. The van der Waals surface area contributed by atoms with Crippen molar-refractivity contribution in [2.75, 3.05) is 25.1 Å². The number of methoxy groups -OCH3 is 2. The third-order valence-electron chi connectivity index (χ3n) is 6.45. The van der Waals surface area contributed by atoms with Crippen LogP contribution in [0.1, 0.15) is 38.8 Å². The Morgan fingerprint density at radius 2 is 1.64 bits per heavy atom. The van der Waals surface area contributed by atoms with Gasteiger partial charge in [-0.25, -0.2) is 8.42 Å². The Morgan fingerprint density at radius 3 is 2.24 bits per heavy atom. The molecule has 2 amide bonds. The molecule has 0 unspecified atom stereocenters. The fraction of sp³-hybridized carbons (Fsp3) is 0.355. The van der Waals surface area contributed by atoms with Crippen molar-refractivity contribution >= 4 is 39.1 Å². The highest BCUT2D eigenvalue weighted by Crippen LogP contribution is 2.35. The van der Waals surface area contributed by atoms with Crippen molar-refractivity contribution in [1.82, 2.24) is 10.2 Å². The van der Waals surface area contributed by atoms with Crippen molar-refractivity contribution in [1.29, 1.82) is 0 Å². The lowest BCUT2D eigenvalue weighted by Gasteiger charge is -2.33. The van der Waals surface area contributed by atoms with Crippen LogP contribution in [-0.4, -0.2) is 57.5 Å². The molecule has 0 aliphatic carbocycles. The summed E-state index contributed by atoms with van der Waals surface area (Å²) in [7, 11) is -1.34. The second kappa shape index (κ2) is 13.5. The van der Waals surface area contributed by atoms with Gasteiger partial charge < -0.3 is 19.7 Å². The van der Waals surface area contributed by atoms with E-state index in [0.29, 0.717) is 11.3 Å². The second-order valence-corrected chi connectivity index (χ2v) is 13.2. The monoisotopic (exact) mass is 615 g/mol. The Hall–Kier alpha value is -3.76. The Morgan fingerprint density at radius 1 is 0.976 bits per heavy atom. The van der Waals surface area contributed by atoms with E-state index in [9.17, 15) is 18.0 Å². The molecule has 226 valence electrons. The molecule has 0 aliphatic heterocycles. The number of benzene rings is 3. The van der Waals surface area contributed by atoms with Crippen LogP contribution in [-0.2, 0) is 26.2 Å². The normalized spacial score (nSPS) is 12.3. The van der Waals surface area contributed by atoms with Gasteiger partial charge in [0.1, 0.15) is 24.1 Å². The van der Waals surface area contributed by atoms with Gasteiger partial charge in [-0.15, -0.1) is 0 Å². The summed E-state index contributed by atoms with van der Waals surface area (Å²) in [4.78, 5) is 28.8. The average Bonchev–Trinajstić information content (AvgIpc) is 2.93. The van der Waals surface area contributed by atoms with Crippen LogP contribution in [0.3, 0.4) is 0 Å². The van der Waals surface area contributed by atoms with Crippen molar-refractivity contribution < 1.29 is 27.5 Å². The van der Waals surface area contributed by atoms with E-state index in [-0.39, 0.29) is 33.8 Å². The highest BCUT2D eigenvalue weighted by molar-refractivity contribution is 7.92. The Bertz CT molecular complexity index is 1520. The zero-order chi connectivity index (χ0) is 31.2. The number of anilines is 1. The van der Waals surface area contributed by atoms with E-state index in [2.05, 4.69) is 5.32 Å². The number of aryl methyl sites for hydroxylation is 1. The molecule has 0 saturated heterocycles. The van der Waals surface area contributed by atoms with Crippen LogP contribution in [0.5, 0.6) is 11.5 Å². The minimum absolute atomic E-state index is 0.0131. The summed E-state index contributed by atoms with van der Waals surface area (Å²) < 4.78 is 39.9. The number of hydrogen-bond acceptors (Lipinski definition) is 6. The summed E-state index contributed by atoms with van der Waals surface area (Å²) in [6.45, 7) is 8.38. The summed E-state index contributed by atoms with van der Waals surface area (Å²) in [5.41, 5.74) is 1.11. The van der Waals surface area contributed by atoms with Gasteiger partial charge in [0.25, 0.3) is 10.0 Å². The standard InChI is InChI=1S/C31H38ClN3O6S/c1-21-11-14-26(15-12-21)42(38,39)35(27-18-24(32)13-16-28(27)41-7)20-29(36)34(22(2)30(37)33-31(3,4)5)19-23-9-8-10-25(17-23)40-6/h8-18,22H,19-20H2,1-7H3,(H,33,37)/t22-/m0/s1. The largest absolute Gasteiger partial charge is 0.497 e. The molecule has 0 saturated carbocycles. The van der Waals surface area contributed by atoms with Gasteiger partial charge in [0.2, 0.25) is 11.8 Å². The summed E-state index contributed by atoms with van der Waals surface area (Å²) in [5, 5.41) is 3.17. The van der Waals surface area contributed by atoms with E-state index in [4.69, 9.17) is 21.1 Å². The first-order chi connectivity index (χ1) is 19.7. The second-order valence-electron chi connectivity index (χ2n) is 10.9. The number of amides is 2. The molecule has 0 bridgehead atoms. The third-order valence-corrected chi connectivity index (χ3v) is 8.46. The van der Waals surface area contributed by atoms with Crippen molar-refractivity contribution in [3.05, 3.63) is 82.9 Å². The fourth-order valence-electron chi connectivity index (χ4n) is 4.23. The molecule has 42 heavy (non-hydrogen) atoms. The number of rotatable bonds is 11. The van der Waals surface area contributed by atoms with Crippen molar-refractivity contribution in [2.45, 2.75) is 57.6 Å². The minimum Gasteiger partial charge on any atom is -0.497 e. The van der Waals surface area contributed by atoms with Crippen LogP contribution >= 0.6 is 11.6 Å². The molecule has 11 heteroatoms. The topological polar surface area (TPSA) is 105 Å². The van der Waals surface area contributed by atoms with Crippen LogP contribution in [0, 0.1) is 6.92 Å². The minimum atomic E-state index is -4.28. The van der Waals surface area contributed by atoms with Gasteiger partial charge in [-0.3, -0.25) is 13.9 Å². The summed E-state index contributed by atoms with van der Waals surface area (Å²) in [6.07, 6.45) is 0. The van der Waals surface area contributed by atoms with E-state index in [1.165, 1.54) is 43.4 Å².